The highest BCUT2D eigenvalue weighted by Crippen LogP contribution is 2.32. The number of likely N-dealkylation sites (N-methyl/N-ethyl adjacent to an activating group) is 1. The van der Waals surface area contributed by atoms with E-state index < -0.39 is 29.6 Å². The van der Waals surface area contributed by atoms with Crippen LogP contribution in [0.3, 0.4) is 0 Å². The van der Waals surface area contributed by atoms with Gasteiger partial charge in [0, 0.05) is 13.2 Å². The second kappa shape index (κ2) is 11.5. The number of methoxy groups -OCH3 is 1. The van der Waals surface area contributed by atoms with Gasteiger partial charge in [-0.05, 0) is 48.4 Å². The Morgan fingerprint density at radius 1 is 1.14 bits per heavy atom. The Bertz CT molecular complexity index is 1290. The minimum Gasteiger partial charge on any atom is -0.495 e. The van der Waals surface area contributed by atoms with Gasteiger partial charge in [0.2, 0.25) is 0 Å². The molecule has 1 unspecified atom stereocenters. The fraction of sp³-hybridized carbons (Fsp3) is 0.308. The Morgan fingerprint density at radius 3 is 2.54 bits per heavy atom. The average Bonchev–Trinajstić information content (AvgIpc) is 3.32. The summed E-state index contributed by atoms with van der Waals surface area (Å²) in [6.45, 7) is 1.74. The van der Waals surface area contributed by atoms with Crippen LogP contribution in [0.25, 0.3) is 11.8 Å². The molecule has 0 bridgehead atoms. The number of halogens is 3. The Kier molecular flexibility index (Phi) is 8.14. The Morgan fingerprint density at radius 2 is 1.89 bits per heavy atom. The van der Waals surface area contributed by atoms with Crippen LogP contribution in [0.15, 0.2) is 54.1 Å². The summed E-state index contributed by atoms with van der Waals surface area (Å²) >= 11 is 0. The molecule has 11 heteroatoms. The number of oxime groups is 1. The topological polar surface area (TPSA) is 81.3 Å². The van der Waals surface area contributed by atoms with Gasteiger partial charge >= 0.3 is 0 Å². The molecule has 4 rings (SSSR count). The molecule has 196 valence electrons. The van der Waals surface area contributed by atoms with Gasteiger partial charge in [0.25, 0.3) is 0 Å². The van der Waals surface area contributed by atoms with Crippen LogP contribution in [-0.4, -0.2) is 65.5 Å². The number of aryl methyl sites for hydroxylation is 1. The van der Waals surface area contributed by atoms with Crippen molar-refractivity contribution in [3.05, 3.63) is 83.2 Å². The monoisotopic (exact) mass is 516 g/mol. The van der Waals surface area contributed by atoms with Gasteiger partial charge in [0.15, 0.2) is 29.4 Å². The molecule has 2 atom stereocenters. The van der Waals surface area contributed by atoms with Crippen LogP contribution < -0.4 is 4.74 Å². The molecule has 1 aromatic heterocycles. The number of aliphatic hydroxyl groups excluding tert-OH is 1. The van der Waals surface area contributed by atoms with Crippen LogP contribution in [0.4, 0.5) is 13.2 Å². The maximum Gasteiger partial charge on any atom is 0.194 e. The van der Waals surface area contributed by atoms with E-state index in [2.05, 4.69) is 10.1 Å². The van der Waals surface area contributed by atoms with Gasteiger partial charge in [0.05, 0.1) is 50.7 Å². The first kappa shape index (κ1) is 26.2. The van der Waals surface area contributed by atoms with Crippen LogP contribution in [-0.2, 0) is 9.57 Å². The van der Waals surface area contributed by atoms with Crippen molar-refractivity contribution >= 4 is 11.9 Å². The number of imidazole rings is 1. The first-order chi connectivity index (χ1) is 17.8. The van der Waals surface area contributed by atoms with Crippen molar-refractivity contribution in [2.75, 3.05) is 34.0 Å². The lowest BCUT2D eigenvalue weighted by Gasteiger charge is -2.38. The maximum absolute atomic E-state index is 14.0. The molecule has 0 amide bonds. The number of hydrogen-bond donors (Lipinski definition) is 1. The van der Waals surface area contributed by atoms with Crippen LogP contribution >= 0.6 is 0 Å². The van der Waals surface area contributed by atoms with Gasteiger partial charge in [-0.3, -0.25) is 0 Å². The average molecular weight is 517 g/mol. The molecule has 2 aromatic carbocycles. The highest BCUT2D eigenvalue weighted by Gasteiger charge is 2.35. The van der Waals surface area contributed by atoms with Crippen molar-refractivity contribution < 1.29 is 32.6 Å². The summed E-state index contributed by atoms with van der Waals surface area (Å²) in [6.07, 6.45) is 6.29. The smallest absolute Gasteiger partial charge is 0.194 e. The molecule has 0 spiro atoms. The zero-order valence-corrected chi connectivity index (χ0v) is 20.6. The molecule has 0 aliphatic carbocycles. The Balaban J connectivity index is 1.61. The summed E-state index contributed by atoms with van der Waals surface area (Å²) < 4.78 is 54.5. The van der Waals surface area contributed by atoms with Crippen molar-refractivity contribution in [1.82, 2.24) is 14.5 Å². The fourth-order valence-electron chi connectivity index (χ4n) is 4.09. The van der Waals surface area contributed by atoms with Crippen LogP contribution in [0.2, 0.25) is 0 Å². The number of rotatable bonds is 9. The molecule has 0 fully saturated rings. The predicted molar refractivity (Wildman–Crippen MR) is 131 cm³/mol. The van der Waals surface area contributed by atoms with E-state index in [9.17, 15) is 13.2 Å². The summed E-state index contributed by atoms with van der Waals surface area (Å²) in [6, 6.07) is 6.73. The minimum atomic E-state index is -1.55. The van der Waals surface area contributed by atoms with E-state index in [1.807, 2.05) is 35.9 Å². The fourth-order valence-corrected chi connectivity index (χ4v) is 4.09. The largest absolute Gasteiger partial charge is 0.495 e. The number of amidine groups is 1. The molecule has 0 saturated heterocycles. The molecule has 0 saturated carbocycles. The van der Waals surface area contributed by atoms with E-state index in [4.69, 9.17) is 19.4 Å². The summed E-state index contributed by atoms with van der Waals surface area (Å²) in [5.74, 6) is -3.17. The maximum atomic E-state index is 14.0. The van der Waals surface area contributed by atoms with Crippen molar-refractivity contribution in [2.24, 2.45) is 5.16 Å². The number of hydrogen-bond acceptors (Lipinski definition) is 7. The van der Waals surface area contributed by atoms with Gasteiger partial charge in [-0.15, -0.1) is 0 Å². The Hall–Kier alpha value is -3.83. The molecule has 1 aliphatic heterocycles. The highest BCUT2D eigenvalue weighted by atomic mass is 19.2. The number of aliphatic hydroxyl groups is 1. The van der Waals surface area contributed by atoms with E-state index in [1.165, 1.54) is 0 Å². The van der Waals surface area contributed by atoms with Crippen molar-refractivity contribution in [3.8, 4) is 11.4 Å². The van der Waals surface area contributed by atoms with E-state index >= 15 is 0 Å². The predicted octanol–water partition coefficient (Wildman–Crippen LogP) is 4.01. The van der Waals surface area contributed by atoms with E-state index in [-0.39, 0.29) is 25.4 Å². The van der Waals surface area contributed by atoms with Gasteiger partial charge in [-0.25, -0.2) is 18.2 Å². The standard InChI is InChI=1S/C26H27F3N4O4/c1-16-13-33(15-30-16)21-6-4-17(10-22(21)35-3)5-7-24-31-37-23(14-36-9-8-34)26(32(24)2)18-11-19(27)25(29)20(28)12-18/h4-7,10-13,15,23,26,34H,8-9,14H2,1-3H3/b7-5+/t23?,26-/m0/s1. The van der Waals surface area contributed by atoms with Crippen LogP contribution in [0.1, 0.15) is 22.9 Å². The van der Waals surface area contributed by atoms with Gasteiger partial charge in [0.1, 0.15) is 5.75 Å². The third-order valence-corrected chi connectivity index (χ3v) is 5.90. The molecular formula is C26H27F3N4O4. The van der Waals surface area contributed by atoms with Crippen molar-refractivity contribution in [2.45, 2.75) is 19.1 Å². The summed E-state index contributed by atoms with van der Waals surface area (Å²) in [7, 11) is 3.26. The van der Waals surface area contributed by atoms with Crippen LogP contribution in [0, 0.1) is 24.4 Å². The molecule has 0 radical (unpaired) electrons. The first-order valence-electron chi connectivity index (χ1n) is 11.5. The normalized spacial score (nSPS) is 17.7. The molecular weight excluding hydrogens is 489 g/mol. The molecule has 3 aromatic rings. The third-order valence-electron chi connectivity index (χ3n) is 5.90. The number of aromatic nitrogens is 2. The molecule has 37 heavy (non-hydrogen) atoms. The van der Waals surface area contributed by atoms with E-state index in [0.29, 0.717) is 11.6 Å². The summed E-state index contributed by atoms with van der Waals surface area (Å²) in [5, 5.41) is 13.1. The molecule has 8 nitrogen and oxygen atoms in total. The summed E-state index contributed by atoms with van der Waals surface area (Å²) in [4.78, 5) is 11.5. The van der Waals surface area contributed by atoms with E-state index in [1.54, 1.807) is 37.5 Å². The van der Waals surface area contributed by atoms with E-state index in [0.717, 1.165) is 29.1 Å². The van der Waals surface area contributed by atoms with Crippen molar-refractivity contribution in [3.63, 3.8) is 0 Å². The SMILES string of the molecule is COc1cc(/C=C/C2=NOC(COCCO)[C@H](c3cc(F)c(F)c(F)c3)N2C)ccc1-n1cnc(C)c1. The Labute approximate surface area is 212 Å². The second-order valence-corrected chi connectivity index (χ2v) is 8.43. The minimum absolute atomic E-state index is 0.0109. The van der Waals surface area contributed by atoms with Crippen molar-refractivity contribution in [1.29, 1.82) is 0 Å². The lowest BCUT2D eigenvalue weighted by atomic mass is 9.98. The van der Waals surface area contributed by atoms with Crippen LogP contribution in [0.5, 0.6) is 5.75 Å². The lowest BCUT2D eigenvalue weighted by Crippen LogP contribution is -2.44. The third kappa shape index (κ3) is 5.78. The van der Waals surface area contributed by atoms with Gasteiger partial charge < -0.3 is 28.9 Å². The van der Waals surface area contributed by atoms with Gasteiger partial charge in [-0.1, -0.05) is 17.3 Å². The number of benzene rings is 2. The molecule has 2 heterocycles. The number of nitrogens with zero attached hydrogens (tertiary/aromatic N) is 4. The highest BCUT2D eigenvalue weighted by molar-refractivity contribution is 5.96. The lowest BCUT2D eigenvalue weighted by molar-refractivity contribution is -0.0664. The van der Waals surface area contributed by atoms with Gasteiger partial charge in [-0.2, -0.15) is 0 Å². The quantitative estimate of drug-likeness (QED) is 0.342. The first-order valence-corrected chi connectivity index (χ1v) is 11.5. The zero-order valence-electron chi connectivity index (χ0n) is 20.6. The molecule has 1 N–H and O–H groups in total. The summed E-state index contributed by atoms with van der Waals surface area (Å²) in [5.41, 5.74) is 2.65. The number of ether oxygens (including phenoxy) is 2. The molecule has 1 aliphatic rings. The zero-order chi connectivity index (χ0) is 26.5. The second-order valence-electron chi connectivity index (χ2n) is 8.43.